The van der Waals surface area contributed by atoms with Gasteiger partial charge in [0.1, 0.15) is 4.32 Å². The Balaban J connectivity index is 2.08. The molecule has 0 aliphatic carbocycles. The number of nitro benzene ring substituents is 1. The second kappa shape index (κ2) is 7.34. The topological polar surface area (TPSA) is 101 Å². The molecule has 1 N–H and O–H groups in total. The van der Waals surface area contributed by atoms with Gasteiger partial charge in [0.2, 0.25) is 0 Å². The molecule has 1 amide bonds. The van der Waals surface area contributed by atoms with Crippen LogP contribution in [0.2, 0.25) is 0 Å². The standard InChI is InChI=1S/C14H12N2O5S2/c17-12(18)2-1-7-15-13(19)11(23-14(15)22)8-9-3-5-10(6-4-9)16(20)21/h3-6,8H,1-2,7H2,(H,17,18)/b11-8-. The predicted molar refractivity (Wildman–Crippen MR) is 89.8 cm³/mol. The highest BCUT2D eigenvalue weighted by molar-refractivity contribution is 8.26. The van der Waals surface area contributed by atoms with E-state index >= 15 is 0 Å². The van der Waals surface area contributed by atoms with Crippen molar-refractivity contribution in [1.29, 1.82) is 0 Å². The molecule has 1 heterocycles. The minimum absolute atomic E-state index is 0.0247. The third-order valence-corrected chi connectivity index (χ3v) is 4.43. The lowest BCUT2D eigenvalue weighted by Gasteiger charge is -2.13. The fourth-order valence-electron chi connectivity index (χ4n) is 1.92. The van der Waals surface area contributed by atoms with Crippen molar-refractivity contribution < 1.29 is 19.6 Å². The summed E-state index contributed by atoms with van der Waals surface area (Å²) in [6.45, 7) is 0.259. The number of carbonyl (C=O) groups is 2. The van der Waals surface area contributed by atoms with Gasteiger partial charge in [-0.05, 0) is 30.2 Å². The van der Waals surface area contributed by atoms with E-state index in [1.807, 2.05) is 0 Å². The van der Waals surface area contributed by atoms with Crippen LogP contribution < -0.4 is 0 Å². The average molecular weight is 352 g/mol. The number of nitrogens with zero attached hydrogens (tertiary/aromatic N) is 2. The van der Waals surface area contributed by atoms with Crippen molar-refractivity contribution in [2.75, 3.05) is 6.54 Å². The number of aliphatic carboxylic acids is 1. The first-order valence-corrected chi connectivity index (χ1v) is 7.82. The second-order valence-corrected chi connectivity index (χ2v) is 6.36. The molecule has 0 spiro atoms. The Kier molecular flexibility index (Phi) is 5.45. The lowest BCUT2D eigenvalue weighted by Crippen LogP contribution is -2.29. The predicted octanol–water partition coefficient (Wildman–Crippen LogP) is 2.66. The zero-order valence-electron chi connectivity index (χ0n) is 11.8. The molecule has 0 bridgehead atoms. The van der Waals surface area contributed by atoms with Crippen LogP contribution in [0.1, 0.15) is 18.4 Å². The zero-order chi connectivity index (χ0) is 17.0. The Morgan fingerprint density at radius 1 is 1.39 bits per heavy atom. The number of carboxylic acids is 1. The normalized spacial score (nSPS) is 16.2. The van der Waals surface area contributed by atoms with Crippen molar-refractivity contribution in [2.24, 2.45) is 0 Å². The number of amides is 1. The molecule has 1 aromatic carbocycles. The van der Waals surface area contributed by atoms with Gasteiger partial charge in [-0.15, -0.1) is 0 Å². The van der Waals surface area contributed by atoms with E-state index in [-0.39, 0.29) is 24.6 Å². The van der Waals surface area contributed by atoms with Gasteiger partial charge < -0.3 is 5.11 Å². The average Bonchev–Trinajstić information content (AvgIpc) is 2.75. The van der Waals surface area contributed by atoms with Crippen LogP contribution in [0.15, 0.2) is 29.2 Å². The van der Waals surface area contributed by atoms with E-state index in [0.717, 1.165) is 11.8 Å². The van der Waals surface area contributed by atoms with E-state index in [9.17, 15) is 19.7 Å². The molecule has 2 rings (SSSR count). The molecule has 9 heteroatoms. The van der Waals surface area contributed by atoms with Gasteiger partial charge in [-0.3, -0.25) is 24.6 Å². The summed E-state index contributed by atoms with van der Waals surface area (Å²) in [4.78, 5) is 34.7. The Morgan fingerprint density at radius 3 is 2.61 bits per heavy atom. The SMILES string of the molecule is O=C(O)CCCN1C(=O)/C(=C/c2ccc([N+](=O)[O-])cc2)SC1=S. The number of carboxylic acid groups (broad SMARTS) is 1. The molecule has 1 saturated heterocycles. The van der Waals surface area contributed by atoms with Crippen LogP contribution in [0.5, 0.6) is 0 Å². The van der Waals surface area contributed by atoms with Crippen LogP contribution in [0.4, 0.5) is 5.69 Å². The van der Waals surface area contributed by atoms with Gasteiger partial charge in [0.15, 0.2) is 0 Å². The molecule has 120 valence electrons. The number of benzene rings is 1. The maximum atomic E-state index is 12.3. The first kappa shape index (κ1) is 17.1. The summed E-state index contributed by atoms with van der Waals surface area (Å²) < 4.78 is 0.383. The highest BCUT2D eigenvalue weighted by Gasteiger charge is 2.31. The van der Waals surface area contributed by atoms with Crippen molar-refractivity contribution in [3.05, 3.63) is 44.8 Å². The molecular formula is C14H12N2O5S2. The van der Waals surface area contributed by atoms with Crippen LogP contribution in [0.3, 0.4) is 0 Å². The Hall–Kier alpha value is -2.26. The van der Waals surface area contributed by atoms with E-state index in [4.69, 9.17) is 17.3 Å². The number of thioether (sulfide) groups is 1. The van der Waals surface area contributed by atoms with Crippen molar-refractivity contribution in [2.45, 2.75) is 12.8 Å². The third kappa shape index (κ3) is 4.36. The van der Waals surface area contributed by atoms with Gasteiger partial charge in [-0.1, -0.05) is 24.0 Å². The van der Waals surface area contributed by atoms with Gasteiger partial charge in [-0.2, -0.15) is 0 Å². The molecule has 23 heavy (non-hydrogen) atoms. The van der Waals surface area contributed by atoms with Gasteiger partial charge in [-0.25, -0.2) is 0 Å². The van der Waals surface area contributed by atoms with E-state index in [1.54, 1.807) is 18.2 Å². The minimum atomic E-state index is -0.920. The molecule has 7 nitrogen and oxygen atoms in total. The number of hydrogen-bond acceptors (Lipinski definition) is 6. The molecule has 0 radical (unpaired) electrons. The third-order valence-electron chi connectivity index (χ3n) is 3.05. The Bertz CT molecular complexity index is 700. The van der Waals surface area contributed by atoms with Gasteiger partial charge >= 0.3 is 5.97 Å². The first-order chi connectivity index (χ1) is 10.9. The van der Waals surface area contributed by atoms with Crippen molar-refractivity contribution >= 4 is 51.9 Å². The maximum Gasteiger partial charge on any atom is 0.303 e. The number of nitro groups is 1. The summed E-state index contributed by atoms with van der Waals surface area (Å²) in [7, 11) is 0. The van der Waals surface area contributed by atoms with Crippen LogP contribution in [0.25, 0.3) is 6.08 Å². The molecule has 0 saturated carbocycles. The largest absolute Gasteiger partial charge is 0.481 e. The van der Waals surface area contributed by atoms with Crippen LogP contribution in [0, 0.1) is 10.1 Å². The van der Waals surface area contributed by atoms with E-state index < -0.39 is 10.9 Å². The molecule has 1 fully saturated rings. The Labute approximate surface area is 141 Å². The first-order valence-electron chi connectivity index (χ1n) is 6.60. The van der Waals surface area contributed by atoms with Gasteiger partial charge in [0.05, 0.1) is 9.83 Å². The van der Waals surface area contributed by atoms with Gasteiger partial charge in [0.25, 0.3) is 11.6 Å². The number of hydrogen-bond donors (Lipinski definition) is 1. The molecule has 1 aromatic rings. The molecule has 0 aromatic heterocycles. The number of thiocarbonyl (C=S) groups is 1. The summed E-state index contributed by atoms with van der Waals surface area (Å²) >= 11 is 6.27. The van der Waals surface area contributed by atoms with E-state index in [1.165, 1.54) is 17.0 Å². The lowest BCUT2D eigenvalue weighted by atomic mass is 10.2. The van der Waals surface area contributed by atoms with Gasteiger partial charge in [0, 0.05) is 25.1 Å². The zero-order valence-corrected chi connectivity index (χ0v) is 13.4. The molecule has 0 unspecified atom stereocenters. The quantitative estimate of drug-likeness (QED) is 0.363. The number of rotatable bonds is 6. The number of non-ortho nitro benzene ring substituents is 1. The van der Waals surface area contributed by atoms with Crippen molar-refractivity contribution in [3.63, 3.8) is 0 Å². The lowest BCUT2D eigenvalue weighted by molar-refractivity contribution is -0.384. The molecule has 1 aliphatic heterocycles. The highest BCUT2D eigenvalue weighted by atomic mass is 32.2. The summed E-state index contributed by atoms with van der Waals surface area (Å²) in [5.41, 5.74) is 0.630. The number of carbonyl (C=O) groups excluding carboxylic acids is 1. The minimum Gasteiger partial charge on any atom is -0.481 e. The van der Waals surface area contributed by atoms with Crippen molar-refractivity contribution in [3.8, 4) is 0 Å². The maximum absolute atomic E-state index is 12.3. The van der Waals surface area contributed by atoms with E-state index in [0.29, 0.717) is 21.2 Å². The summed E-state index contributed by atoms with van der Waals surface area (Å²) in [5.74, 6) is -1.19. The summed E-state index contributed by atoms with van der Waals surface area (Å²) in [6.07, 6.45) is 1.91. The molecule has 0 atom stereocenters. The highest BCUT2D eigenvalue weighted by Crippen LogP contribution is 2.32. The molecule has 1 aliphatic rings. The fourth-order valence-corrected chi connectivity index (χ4v) is 3.23. The monoisotopic (exact) mass is 352 g/mol. The fraction of sp³-hybridized carbons (Fsp3) is 0.214. The molecular weight excluding hydrogens is 340 g/mol. The Morgan fingerprint density at radius 2 is 2.04 bits per heavy atom. The van der Waals surface area contributed by atoms with Crippen LogP contribution in [-0.4, -0.2) is 37.7 Å². The van der Waals surface area contributed by atoms with Crippen LogP contribution in [-0.2, 0) is 9.59 Å². The second-order valence-electron chi connectivity index (χ2n) is 4.68. The van der Waals surface area contributed by atoms with E-state index in [2.05, 4.69) is 0 Å². The summed E-state index contributed by atoms with van der Waals surface area (Å²) in [6, 6.07) is 5.82. The van der Waals surface area contributed by atoms with Crippen molar-refractivity contribution in [1.82, 2.24) is 4.90 Å². The summed E-state index contributed by atoms with van der Waals surface area (Å²) in [5, 5.41) is 19.2. The smallest absolute Gasteiger partial charge is 0.303 e. The van der Waals surface area contributed by atoms with Crippen LogP contribution >= 0.6 is 24.0 Å².